The minimum absolute atomic E-state index is 0.0303. The number of β-amino-alcohol motifs (C(OH)–C–C–N with tert-alkyl or cyclic N) is 1. The number of amides is 1. The number of nitrogens with one attached hydrogen (secondary N) is 2. The smallest absolute Gasteiger partial charge is 0.296 e. The van der Waals surface area contributed by atoms with Crippen molar-refractivity contribution in [1.29, 1.82) is 0 Å². The van der Waals surface area contributed by atoms with Gasteiger partial charge in [-0.2, -0.15) is 9.97 Å². The minimum Gasteiger partial charge on any atom is -0.474 e. The zero-order chi connectivity index (χ0) is 27.6. The second-order valence-corrected chi connectivity index (χ2v) is 10.5. The van der Waals surface area contributed by atoms with Crippen molar-refractivity contribution in [3.05, 3.63) is 36.2 Å². The second-order valence-electron chi connectivity index (χ2n) is 10.5. The lowest BCUT2D eigenvalue weighted by Crippen LogP contribution is -2.47. The first kappa shape index (κ1) is 26.8. The number of hydrogen-bond acceptors (Lipinski definition) is 9. The molecule has 6 rings (SSSR count). The number of rotatable bonds is 7. The van der Waals surface area contributed by atoms with Crippen LogP contribution in [0.5, 0.6) is 5.88 Å². The zero-order valence-electron chi connectivity index (χ0n) is 22.0. The molecule has 1 aliphatic carbocycles. The maximum absolute atomic E-state index is 14.1. The van der Waals surface area contributed by atoms with Crippen molar-refractivity contribution in [2.24, 2.45) is 0 Å². The van der Waals surface area contributed by atoms with Crippen molar-refractivity contribution in [2.45, 2.75) is 62.8 Å². The summed E-state index contributed by atoms with van der Waals surface area (Å²) in [4.78, 5) is 28.0. The molecule has 0 spiro atoms. The lowest BCUT2D eigenvalue weighted by atomic mass is 9.92. The molecule has 3 N–H and O–H groups in total. The van der Waals surface area contributed by atoms with E-state index in [2.05, 4.69) is 25.6 Å². The van der Waals surface area contributed by atoms with Gasteiger partial charge in [-0.05, 0) is 44.2 Å². The summed E-state index contributed by atoms with van der Waals surface area (Å²) in [5.74, 6) is 0.489. The molecule has 11 nitrogen and oxygen atoms in total. The molecular formula is C27H33F2N7O4. The number of halogens is 2. The number of carbonyl (C=O) groups is 1. The molecule has 3 aliphatic rings. The first-order valence-electron chi connectivity index (χ1n) is 13.8. The molecule has 40 heavy (non-hydrogen) atoms. The Morgan fingerprint density at radius 3 is 2.62 bits per heavy atom. The highest BCUT2D eigenvalue weighted by Gasteiger charge is 2.31. The fourth-order valence-electron chi connectivity index (χ4n) is 5.63. The van der Waals surface area contributed by atoms with Gasteiger partial charge in [-0.25, -0.2) is 13.8 Å². The molecule has 2 aliphatic heterocycles. The Bertz CT molecular complexity index is 1340. The van der Waals surface area contributed by atoms with Gasteiger partial charge in [0.15, 0.2) is 5.82 Å². The Hall–Kier alpha value is -3.42. The summed E-state index contributed by atoms with van der Waals surface area (Å²) in [6, 6.07) is 8.23. The van der Waals surface area contributed by atoms with Gasteiger partial charge < -0.3 is 30.1 Å². The number of hydrogen-bond donors (Lipinski definition) is 3. The van der Waals surface area contributed by atoms with Gasteiger partial charge in [-0.1, -0.05) is 12.1 Å². The Morgan fingerprint density at radius 1 is 1.12 bits per heavy atom. The third-order valence-electron chi connectivity index (χ3n) is 7.71. The van der Waals surface area contributed by atoms with Crippen molar-refractivity contribution in [1.82, 2.24) is 30.2 Å². The molecule has 3 fully saturated rings. The number of nitrogens with zero attached hydrogens (tertiary/aromatic N) is 5. The van der Waals surface area contributed by atoms with Crippen LogP contribution < -0.4 is 20.3 Å². The first-order chi connectivity index (χ1) is 19.4. The van der Waals surface area contributed by atoms with Crippen molar-refractivity contribution in [2.75, 3.05) is 37.7 Å². The van der Waals surface area contributed by atoms with Gasteiger partial charge in [0, 0.05) is 31.7 Å². The predicted octanol–water partition coefficient (Wildman–Crippen LogP) is 2.12. The van der Waals surface area contributed by atoms with Crippen LogP contribution in [0.15, 0.2) is 30.3 Å². The van der Waals surface area contributed by atoms with Crippen LogP contribution in [0, 0.1) is 0 Å². The maximum Gasteiger partial charge on any atom is 0.296 e. The molecule has 3 aromatic rings. The zero-order valence-corrected chi connectivity index (χ0v) is 22.0. The summed E-state index contributed by atoms with van der Waals surface area (Å²) in [6.07, 6.45) is -0.130. The molecule has 13 heteroatoms. The van der Waals surface area contributed by atoms with Crippen molar-refractivity contribution in [3.8, 4) is 11.7 Å². The molecular weight excluding hydrogens is 524 g/mol. The van der Waals surface area contributed by atoms with E-state index >= 15 is 0 Å². The molecule has 1 saturated carbocycles. The van der Waals surface area contributed by atoms with E-state index in [0.29, 0.717) is 75.0 Å². The van der Waals surface area contributed by atoms with Gasteiger partial charge >= 0.3 is 0 Å². The van der Waals surface area contributed by atoms with Gasteiger partial charge in [0.05, 0.1) is 36.4 Å². The van der Waals surface area contributed by atoms with Gasteiger partial charge in [-0.3, -0.25) is 9.36 Å². The Balaban J connectivity index is 1.22. The standard InChI is InChI=1S/C27H33F2N7O4/c28-24(29)25-32-19-3-1-2-4-21(19)36(25)22-14-23(34-27(33-22)35-9-11-39-12-10-35)40-18-7-5-16(6-8-18)31-26(38)20-13-17(37)15-30-20/h1-4,14,16-18,20,24,30,37H,5-13,15H2,(H,31,38)/t16?,17-,18?,20-/m0/s1. The number of fused-ring (bicyclic) bond motifs is 1. The van der Waals surface area contributed by atoms with E-state index in [1.807, 2.05) is 4.90 Å². The number of carbonyl (C=O) groups excluding carboxylic acids is 1. The highest BCUT2D eigenvalue weighted by atomic mass is 19.3. The monoisotopic (exact) mass is 557 g/mol. The molecule has 0 radical (unpaired) electrons. The second kappa shape index (κ2) is 11.6. The number of para-hydroxylation sites is 2. The van der Waals surface area contributed by atoms with Crippen molar-refractivity contribution >= 4 is 22.9 Å². The van der Waals surface area contributed by atoms with Crippen molar-refractivity contribution < 1.29 is 28.2 Å². The number of aliphatic hydroxyl groups excluding tert-OH is 1. The lowest BCUT2D eigenvalue weighted by Gasteiger charge is -2.31. The van der Waals surface area contributed by atoms with Gasteiger partial charge in [-0.15, -0.1) is 0 Å². The van der Waals surface area contributed by atoms with Gasteiger partial charge in [0.2, 0.25) is 17.7 Å². The number of anilines is 1. The normalized spacial score (nSPS) is 25.4. The topological polar surface area (TPSA) is 127 Å². The molecule has 0 bridgehead atoms. The summed E-state index contributed by atoms with van der Waals surface area (Å²) in [5.41, 5.74) is 0.977. The van der Waals surface area contributed by atoms with E-state index in [-0.39, 0.29) is 35.7 Å². The predicted molar refractivity (Wildman–Crippen MR) is 142 cm³/mol. The SMILES string of the molecule is O=C(NC1CCC(Oc2cc(-n3c(C(F)F)nc4ccccc43)nc(N3CCOCC3)n2)CC1)[C@@H]1C[C@H](O)CN1. The first-order valence-corrected chi connectivity index (χ1v) is 13.8. The molecule has 2 atom stereocenters. The van der Waals surface area contributed by atoms with Gasteiger partial charge in [0.25, 0.3) is 6.43 Å². The Labute approximate surface area is 229 Å². The summed E-state index contributed by atoms with van der Waals surface area (Å²) < 4.78 is 41.3. The van der Waals surface area contributed by atoms with Crippen LogP contribution >= 0.6 is 0 Å². The fraction of sp³-hybridized carbons (Fsp3) is 0.556. The average Bonchev–Trinajstić information content (AvgIpc) is 3.58. The number of aliphatic hydroxyl groups is 1. The Morgan fingerprint density at radius 2 is 1.90 bits per heavy atom. The van der Waals surface area contributed by atoms with Crippen molar-refractivity contribution in [3.63, 3.8) is 0 Å². The minimum atomic E-state index is -2.80. The number of imidazole rings is 1. The van der Waals surface area contributed by atoms with Crippen LogP contribution in [0.1, 0.15) is 44.4 Å². The number of morpholine rings is 1. The quantitative estimate of drug-likeness (QED) is 0.400. The van der Waals surface area contributed by atoms with E-state index in [0.717, 1.165) is 12.8 Å². The van der Waals surface area contributed by atoms with E-state index in [1.54, 1.807) is 30.3 Å². The number of aromatic nitrogens is 4. The molecule has 1 aromatic carbocycles. The summed E-state index contributed by atoms with van der Waals surface area (Å²) in [7, 11) is 0. The fourth-order valence-corrected chi connectivity index (χ4v) is 5.63. The van der Waals surface area contributed by atoms with E-state index in [1.165, 1.54) is 4.57 Å². The molecule has 4 heterocycles. The highest BCUT2D eigenvalue weighted by molar-refractivity contribution is 5.82. The summed E-state index contributed by atoms with van der Waals surface area (Å²) in [5, 5.41) is 15.8. The summed E-state index contributed by atoms with van der Waals surface area (Å²) >= 11 is 0. The van der Waals surface area contributed by atoms with Crippen LogP contribution in [0.2, 0.25) is 0 Å². The van der Waals surface area contributed by atoms with Crippen LogP contribution in [-0.2, 0) is 9.53 Å². The Kier molecular flexibility index (Phi) is 7.76. The summed E-state index contributed by atoms with van der Waals surface area (Å²) in [6.45, 7) is 2.62. The molecule has 214 valence electrons. The number of alkyl halides is 2. The molecule has 1 amide bonds. The third kappa shape index (κ3) is 5.72. The number of benzene rings is 1. The van der Waals surface area contributed by atoms with Crippen LogP contribution in [-0.4, -0.2) is 87.7 Å². The van der Waals surface area contributed by atoms with Crippen LogP contribution in [0.3, 0.4) is 0 Å². The van der Waals surface area contributed by atoms with E-state index in [9.17, 15) is 18.7 Å². The number of ether oxygens (including phenoxy) is 2. The average molecular weight is 558 g/mol. The van der Waals surface area contributed by atoms with E-state index in [4.69, 9.17) is 9.47 Å². The molecule has 0 unspecified atom stereocenters. The lowest BCUT2D eigenvalue weighted by molar-refractivity contribution is -0.124. The van der Waals surface area contributed by atoms with Gasteiger partial charge in [0.1, 0.15) is 11.9 Å². The van der Waals surface area contributed by atoms with Crippen LogP contribution in [0.25, 0.3) is 16.9 Å². The maximum atomic E-state index is 14.1. The van der Waals surface area contributed by atoms with Crippen LogP contribution in [0.4, 0.5) is 14.7 Å². The van der Waals surface area contributed by atoms with E-state index < -0.39 is 12.5 Å². The third-order valence-corrected chi connectivity index (χ3v) is 7.71. The largest absolute Gasteiger partial charge is 0.474 e. The highest BCUT2D eigenvalue weighted by Crippen LogP contribution is 2.31. The molecule has 2 saturated heterocycles. The molecule has 2 aromatic heterocycles.